The van der Waals surface area contributed by atoms with Gasteiger partial charge in [0.25, 0.3) is 0 Å². The minimum atomic E-state index is 0.218. The molecule has 0 saturated heterocycles. The minimum Gasteiger partial charge on any atom is -0.327 e. The van der Waals surface area contributed by atoms with Crippen molar-refractivity contribution >= 4 is 10.8 Å². The molecule has 90 valence electrons. The lowest BCUT2D eigenvalue weighted by Gasteiger charge is -2.19. The van der Waals surface area contributed by atoms with Crippen LogP contribution in [0.2, 0.25) is 0 Å². The highest BCUT2D eigenvalue weighted by atomic mass is 15.1. The van der Waals surface area contributed by atoms with E-state index in [9.17, 15) is 0 Å². The van der Waals surface area contributed by atoms with E-state index in [4.69, 9.17) is 5.73 Å². The fourth-order valence-electron chi connectivity index (χ4n) is 2.28. The summed E-state index contributed by atoms with van der Waals surface area (Å²) >= 11 is 0. The highest BCUT2D eigenvalue weighted by molar-refractivity contribution is 5.85. The minimum absolute atomic E-state index is 0.218. The Kier molecular flexibility index (Phi) is 3.77. The van der Waals surface area contributed by atoms with Gasteiger partial charge in [-0.2, -0.15) is 0 Å². The van der Waals surface area contributed by atoms with Gasteiger partial charge in [0.05, 0.1) is 0 Å². The van der Waals surface area contributed by atoms with Crippen molar-refractivity contribution in [3.63, 3.8) is 0 Å². The van der Waals surface area contributed by atoms with Gasteiger partial charge in [-0.15, -0.1) is 0 Å². The van der Waals surface area contributed by atoms with Crippen LogP contribution in [-0.4, -0.2) is 24.5 Å². The third-order valence-corrected chi connectivity index (χ3v) is 2.92. The largest absolute Gasteiger partial charge is 0.327 e. The molecular weight excluding hydrogens is 208 g/mol. The van der Waals surface area contributed by atoms with Gasteiger partial charge in [0.1, 0.15) is 0 Å². The van der Waals surface area contributed by atoms with Crippen LogP contribution in [0.3, 0.4) is 0 Å². The van der Waals surface area contributed by atoms with E-state index >= 15 is 0 Å². The first-order valence-corrected chi connectivity index (χ1v) is 6.07. The van der Waals surface area contributed by atoms with Crippen LogP contribution >= 0.6 is 0 Å². The van der Waals surface area contributed by atoms with Gasteiger partial charge >= 0.3 is 0 Å². The first-order valence-electron chi connectivity index (χ1n) is 6.07. The summed E-state index contributed by atoms with van der Waals surface area (Å²) in [6.07, 6.45) is 0. The Balaban J connectivity index is 2.24. The van der Waals surface area contributed by atoms with Crippen LogP contribution in [-0.2, 0) is 6.54 Å². The van der Waals surface area contributed by atoms with E-state index in [1.54, 1.807) is 0 Å². The van der Waals surface area contributed by atoms with Crippen LogP contribution in [0.15, 0.2) is 42.5 Å². The highest BCUT2D eigenvalue weighted by Gasteiger charge is 2.05. The SMILES string of the molecule is CC(N)CN(C)Cc1cccc2ccccc12. The molecule has 0 aliphatic heterocycles. The van der Waals surface area contributed by atoms with Crippen molar-refractivity contribution in [2.45, 2.75) is 19.5 Å². The van der Waals surface area contributed by atoms with Crippen LogP contribution in [0.1, 0.15) is 12.5 Å². The maximum Gasteiger partial charge on any atom is 0.0237 e. The molecule has 0 aliphatic rings. The molecule has 2 aromatic carbocycles. The Hall–Kier alpha value is -1.38. The van der Waals surface area contributed by atoms with Gasteiger partial charge in [-0.25, -0.2) is 0 Å². The average molecular weight is 228 g/mol. The van der Waals surface area contributed by atoms with Crippen LogP contribution in [0, 0.1) is 0 Å². The summed E-state index contributed by atoms with van der Waals surface area (Å²) in [5.74, 6) is 0. The second-order valence-corrected chi connectivity index (χ2v) is 4.81. The molecule has 0 spiro atoms. The van der Waals surface area contributed by atoms with E-state index in [1.165, 1.54) is 16.3 Å². The number of nitrogens with two attached hydrogens (primary N) is 1. The number of likely N-dealkylation sites (N-methyl/N-ethyl adjacent to an activating group) is 1. The van der Waals surface area contributed by atoms with Gasteiger partial charge in [0, 0.05) is 19.1 Å². The van der Waals surface area contributed by atoms with Gasteiger partial charge in [0.15, 0.2) is 0 Å². The molecule has 0 radical (unpaired) electrons. The van der Waals surface area contributed by atoms with Crippen molar-refractivity contribution < 1.29 is 0 Å². The molecule has 2 N–H and O–H groups in total. The van der Waals surface area contributed by atoms with E-state index in [-0.39, 0.29) is 6.04 Å². The van der Waals surface area contributed by atoms with Crippen LogP contribution in [0.5, 0.6) is 0 Å². The summed E-state index contributed by atoms with van der Waals surface area (Å²) in [7, 11) is 2.12. The normalized spacial score (nSPS) is 13.2. The molecule has 2 heteroatoms. The van der Waals surface area contributed by atoms with E-state index in [0.29, 0.717) is 0 Å². The Labute approximate surface area is 103 Å². The maximum atomic E-state index is 5.82. The lowest BCUT2D eigenvalue weighted by atomic mass is 10.0. The number of rotatable bonds is 4. The first-order chi connectivity index (χ1) is 8.16. The average Bonchev–Trinajstić information content (AvgIpc) is 2.28. The van der Waals surface area contributed by atoms with Crippen molar-refractivity contribution in [2.24, 2.45) is 5.73 Å². The summed E-state index contributed by atoms with van der Waals surface area (Å²) in [5.41, 5.74) is 7.18. The second kappa shape index (κ2) is 5.30. The van der Waals surface area contributed by atoms with Crippen LogP contribution < -0.4 is 5.73 Å². The number of hydrogen-bond donors (Lipinski definition) is 1. The summed E-state index contributed by atoms with van der Waals surface area (Å²) < 4.78 is 0. The van der Waals surface area contributed by atoms with Gasteiger partial charge in [0.2, 0.25) is 0 Å². The van der Waals surface area contributed by atoms with Gasteiger partial charge in [-0.05, 0) is 30.3 Å². The lowest BCUT2D eigenvalue weighted by molar-refractivity contribution is 0.311. The van der Waals surface area contributed by atoms with Crippen molar-refractivity contribution in [2.75, 3.05) is 13.6 Å². The van der Waals surface area contributed by atoms with E-state index in [2.05, 4.69) is 54.4 Å². The molecule has 1 atom stereocenters. The van der Waals surface area contributed by atoms with Gasteiger partial charge < -0.3 is 10.6 Å². The third-order valence-electron chi connectivity index (χ3n) is 2.92. The Morgan fingerprint density at radius 2 is 1.82 bits per heavy atom. The summed E-state index contributed by atoms with van der Waals surface area (Å²) in [4.78, 5) is 2.27. The van der Waals surface area contributed by atoms with Gasteiger partial charge in [-0.1, -0.05) is 42.5 Å². The van der Waals surface area contributed by atoms with Crippen LogP contribution in [0.4, 0.5) is 0 Å². The molecule has 2 rings (SSSR count). The fourth-order valence-corrected chi connectivity index (χ4v) is 2.28. The molecule has 0 amide bonds. The molecular formula is C15H20N2. The zero-order chi connectivity index (χ0) is 12.3. The zero-order valence-electron chi connectivity index (χ0n) is 10.6. The lowest BCUT2D eigenvalue weighted by Crippen LogP contribution is -2.32. The molecule has 0 saturated carbocycles. The Morgan fingerprint density at radius 3 is 2.59 bits per heavy atom. The third kappa shape index (κ3) is 3.05. The Bertz CT molecular complexity index is 486. The van der Waals surface area contributed by atoms with Gasteiger partial charge in [-0.3, -0.25) is 0 Å². The molecule has 0 bridgehead atoms. The standard InChI is InChI=1S/C15H20N2/c1-12(16)10-17(2)11-14-8-5-7-13-6-3-4-9-15(13)14/h3-9,12H,10-11,16H2,1-2H3. The fraction of sp³-hybridized carbons (Fsp3) is 0.333. The van der Waals surface area contributed by atoms with Crippen molar-refractivity contribution in [3.05, 3.63) is 48.0 Å². The first kappa shape index (κ1) is 12.1. The molecule has 0 aliphatic carbocycles. The van der Waals surface area contributed by atoms with E-state index in [0.717, 1.165) is 13.1 Å². The molecule has 2 nitrogen and oxygen atoms in total. The summed E-state index contributed by atoms with van der Waals surface area (Å²) in [5, 5.41) is 2.64. The number of nitrogens with zero attached hydrogens (tertiary/aromatic N) is 1. The predicted octanol–water partition coefficient (Wildman–Crippen LogP) is 2.62. The molecule has 0 aromatic heterocycles. The summed E-state index contributed by atoms with van der Waals surface area (Å²) in [6, 6.07) is 15.2. The second-order valence-electron chi connectivity index (χ2n) is 4.81. The predicted molar refractivity (Wildman–Crippen MR) is 73.9 cm³/mol. The summed E-state index contributed by atoms with van der Waals surface area (Å²) in [6.45, 7) is 3.91. The van der Waals surface area contributed by atoms with Crippen molar-refractivity contribution in [1.29, 1.82) is 0 Å². The molecule has 17 heavy (non-hydrogen) atoms. The molecule has 1 unspecified atom stereocenters. The molecule has 0 heterocycles. The van der Waals surface area contributed by atoms with Crippen molar-refractivity contribution in [1.82, 2.24) is 4.90 Å². The Morgan fingerprint density at radius 1 is 1.12 bits per heavy atom. The van der Waals surface area contributed by atoms with Crippen molar-refractivity contribution in [3.8, 4) is 0 Å². The molecule has 2 aromatic rings. The molecule has 0 fully saturated rings. The zero-order valence-corrected chi connectivity index (χ0v) is 10.6. The smallest absolute Gasteiger partial charge is 0.0237 e. The van der Waals surface area contributed by atoms with E-state index < -0.39 is 0 Å². The van der Waals surface area contributed by atoms with Crippen LogP contribution in [0.25, 0.3) is 10.8 Å². The van der Waals surface area contributed by atoms with E-state index in [1.807, 2.05) is 6.92 Å². The maximum absolute atomic E-state index is 5.82. The number of benzene rings is 2. The number of hydrogen-bond acceptors (Lipinski definition) is 2. The quantitative estimate of drug-likeness (QED) is 0.871. The number of fused-ring (bicyclic) bond motifs is 1. The highest BCUT2D eigenvalue weighted by Crippen LogP contribution is 2.19. The topological polar surface area (TPSA) is 29.3 Å². The monoisotopic (exact) mass is 228 g/mol.